The van der Waals surface area contributed by atoms with Crippen LogP contribution in [0.2, 0.25) is 0 Å². The van der Waals surface area contributed by atoms with E-state index in [1.54, 1.807) is 0 Å². The van der Waals surface area contributed by atoms with Crippen LogP contribution in [-0.2, 0) is 5.54 Å². The fourth-order valence-corrected chi connectivity index (χ4v) is 2.64. The lowest BCUT2D eigenvalue weighted by Crippen LogP contribution is -2.23. The highest BCUT2D eigenvalue weighted by atomic mass is 79.9. The molecule has 2 unspecified atom stereocenters. The predicted molar refractivity (Wildman–Crippen MR) is 63.0 cm³/mol. The molecule has 2 heteroatoms. The van der Waals surface area contributed by atoms with E-state index < -0.39 is 0 Å². The molecule has 0 spiro atoms. The number of halogens is 1. The summed E-state index contributed by atoms with van der Waals surface area (Å²) in [4.78, 5) is 0. The van der Waals surface area contributed by atoms with Gasteiger partial charge in [0.1, 0.15) is 0 Å². The molecule has 1 saturated carbocycles. The maximum atomic E-state index is 6.36. The number of hydrogen-bond acceptors (Lipinski definition) is 1. The second kappa shape index (κ2) is 3.35. The summed E-state index contributed by atoms with van der Waals surface area (Å²) >= 11 is 3.48. The van der Waals surface area contributed by atoms with Crippen LogP contribution in [0.15, 0.2) is 28.7 Å². The maximum absolute atomic E-state index is 6.36. The average molecular weight is 254 g/mol. The molecule has 0 saturated heterocycles. The van der Waals surface area contributed by atoms with Crippen LogP contribution >= 0.6 is 15.9 Å². The summed E-state index contributed by atoms with van der Waals surface area (Å²) in [6.07, 6.45) is 1.13. The molecule has 1 nitrogen and oxygen atoms in total. The second-order valence-corrected chi connectivity index (χ2v) is 5.52. The summed E-state index contributed by atoms with van der Waals surface area (Å²) in [7, 11) is 0. The Morgan fingerprint density at radius 3 is 2.71 bits per heavy atom. The Morgan fingerprint density at radius 2 is 2.21 bits per heavy atom. The molecule has 1 aliphatic carbocycles. The molecule has 0 radical (unpaired) electrons. The van der Waals surface area contributed by atoms with Gasteiger partial charge in [-0.1, -0.05) is 41.9 Å². The summed E-state index contributed by atoms with van der Waals surface area (Å²) < 4.78 is 1.12. The van der Waals surface area contributed by atoms with E-state index in [4.69, 9.17) is 5.73 Å². The number of hydrogen-bond donors (Lipinski definition) is 1. The normalized spacial score (nSPS) is 30.8. The van der Waals surface area contributed by atoms with Gasteiger partial charge in [0.15, 0.2) is 0 Å². The maximum Gasteiger partial charge on any atom is 0.0445 e. The molecule has 0 aliphatic heterocycles. The molecule has 0 amide bonds. The topological polar surface area (TPSA) is 26.0 Å². The molecule has 1 aromatic carbocycles. The largest absolute Gasteiger partial charge is 0.321 e. The Morgan fingerprint density at radius 1 is 1.50 bits per heavy atom. The van der Waals surface area contributed by atoms with Crippen LogP contribution in [0.1, 0.15) is 25.8 Å². The van der Waals surface area contributed by atoms with Crippen LogP contribution in [0.25, 0.3) is 0 Å². The summed E-state index contributed by atoms with van der Waals surface area (Å²) in [5.74, 6) is 1.33. The first kappa shape index (κ1) is 10.2. The van der Waals surface area contributed by atoms with E-state index >= 15 is 0 Å². The van der Waals surface area contributed by atoms with E-state index in [0.717, 1.165) is 10.9 Å². The predicted octanol–water partition coefficient (Wildman–Crippen LogP) is 3.28. The van der Waals surface area contributed by atoms with Crippen molar-refractivity contribution in [1.29, 1.82) is 0 Å². The minimum Gasteiger partial charge on any atom is -0.321 e. The first-order valence-electron chi connectivity index (χ1n) is 5.09. The van der Waals surface area contributed by atoms with Crippen molar-refractivity contribution in [2.75, 3.05) is 0 Å². The number of nitrogens with two attached hydrogens (primary N) is 1. The Balaban J connectivity index is 2.25. The fraction of sp³-hybridized carbons (Fsp3) is 0.500. The van der Waals surface area contributed by atoms with Crippen LogP contribution in [-0.4, -0.2) is 0 Å². The van der Waals surface area contributed by atoms with Gasteiger partial charge in [-0.15, -0.1) is 0 Å². The van der Waals surface area contributed by atoms with E-state index in [1.807, 2.05) is 6.07 Å². The van der Waals surface area contributed by atoms with Crippen molar-refractivity contribution in [3.63, 3.8) is 0 Å². The molecular formula is C12H16BrN. The molecule has 1 aliphatic rings. The van der Waals surface area contributed by atoms with Crippen molar-refractivity contribution in [3.05, 3.63) is 34.3 Å². The summed E-state index contributed by atoms with van der Waals surface area (Å²) in [6.45, 7) is 4.49. The Hall–Kier alpha value is -0.340. The van der Waals surface area contributed by atoms with Gasteiger partial charge >= 0.3 is 0 Å². The van der Waals surface area contributed by atoms with Gasteiger partial charge in [-0.3, -0.25) is 0 Å². The van der Waals surface area contributed by atoms with Gasteiger partial charge in [0.05, 0.1) is 0 Å². The van der Waals surface area contributed by atoms with Gasteiger partial charge in [-0.05, 0) is 36.0 Å². The summed E-state index contributed by atoms with van der Waals surface area (Å²) in [5, 5.41) is 0. The Kier molecular flexibility index (Phi) is 2.44. The van der Waals surface area contributed by atoms with Crippen LogP contribution < -0.4 is 5.73 Å². The highest BCUT2D eigenvalue weighted by molar-refractivity contribution is 9.10. The van der Waals surface area contributed by atoms with Crippen molar-refractivity contribution < 1.29 is 0 Å². The zero-order chi connectivity index (χ0) is 10.3. The zero-order valence-corrected chi connectivity index (χ0v) is 10.2. The standard InChI is InChI=1S/C12H16BrN/c1-8(2)11-7-12(11,14)9-4-3-5-10(13)6-9/h3-6,8,11H,7,14H2,1-2H3. The van der Waals surface area contributed by atoms with Gasteiger partial charge < -0.3 is 5.73 Å². The van der Waals surface area contributed by atoms with E-state index in [2.05, 4.69) is 48.0 Å². The molecule has 0 bridgehead atoms. The minimum absolute atomic E-state index is 0.0576. The quantitative estimate of drug-likeness (QED) is 0.861. The summed E-state index contributed by atoms with van der Waals surface area (Å²) in [6, 6.07) is 8.37. The van der Waals surface area contributed by atoms with Crippen molar-refractivity contribution in [3.8, 4) is 0 Å². The van der Waals surface area contributed by atoms with Crippen LogP contribution in [0.5, 0.6) is 0 Å². The first-order chi connectivity index (χ1) is 6.54. The van der Waals surface area contributed by atoms with Crippen molar-refractivity contribution in [2.45, 2.75) is 25.8 Å². The monoisotopic (exact) mass is 253 g/mol. The lowest BCUT2D eigenvalue weighted by atomic mass is 9.98. The highest BCUT2D eigenvalue weighted by Crippen LogP contribution is 2.53. The highest BCUT2D eigenvalue weighted by Gasteiger charge is 2.53. The van der Waals surface area contributed by atoms with E-state index in [0.29, 0.717) is 11.8 Å². The summed E-state index contributed by atoms with van der Waals surface area (Å²) in [5.41, 5.74) is 7.57. The van der Waals surface area contributed by atoms with Crippen LogP contribution in [0.4, 0.5) is 0 Å². The molecule has 0 aromatic heterocycles. The Labute approximate surface area is 93.8 Å². The molecule has 14 heavy (non-hydrogen) atoms. The third kappa shape index (κ3) is 1.61. The molecular weight excluding hydrogens is 238 g/mol. The van der Waals surface area contributed by atoms with Crippen LogP contribution in [0.3, 0.4) is 0 Å². The van der Waals surface area contributed by atoms with Crippen molar-refractivity contribution in [2.24, 2.45) is 17.6 Å². The van der Waals surface area contributed by atoms with Gasteiger partial charge in [0.2, 0.25) is 0 Å². The molecule has 0 heterocycles. The minimum atomic E-state index is -0.0576. The molecule has 2 rings (SSSR count). The third-order valence-corrected chi connectivity index (χ3v) is 3.72. The number of benzene rings is 1. The molecule has 2 atom stereocenters. The zero-order valence-electron chi connectivity index (χ0n) is 8.63. The number of rotatable bonds is 2. The van der Waals surface area contributed by atoms with E-state index in [1.165, 1.54) is 5.56 Å². The van der Waals surface area contributed by atoms with E-state index in [-0.39, 0.29) is 5.54 Å². The van der Waals surface area contributed by atoms with Crippen molar-refractivity contribution >= 4 is 15.9 Å². The third-order valence-electron chi connectivity index (χ3n) is 3.23. The Bertz CT molecular complexity index is 348. The lowest BCUT2D eigenvalue weighted by molar-refractivity contribution is 0.488. The SMILES string of the molecule is CC(C)C1CC1(N)c1cccc(Br)c1. The molecule has 1 fully saturated rings. The second-order valence-electron chi connectivity index (χ2n) is 4.61. The smallest absolute Gasteiger partial charge is 0.0445 e. The van der Waals surface area contributed by atoms with Gasteiger partial charge in [-0.25, -0.2) is 0 Å². The molecule has 1 aromatic rings. The molecule has 76 valence electrons. The van der Waals surface area contributed by atoms with Gasteiger partial charge in [-0.2, -0.15) is 0 Å². The van der Waals surface area contributed by atoms with Gasteiger partial charge in [0.25, 0.3) is 0 Å². The average Bonchev–Trinajstić information content (AvgIpc) is 2.80. The van der Waals surface area contributed by atoms with Crippen molar-refractivity contribution in [1.82, 2.24) is 0 Å². The van der Waals surface area contributed by atoms with E-state index in [9.17, 15) is 0 Å². The first-order valence-corrected chi connectivity index (χ1v) is 5.88. The van der Waals surface area contributed by atoms with Gasteiger partial charge in [0, 0.05) is 10.0 Å². The van der Waals surface area contributed by atoms with Crippen LogP contribution in [0, 0.1) is 11.8 Å². The molecule has 2 N–H and O–H groups in total. The fourth-order valence-electron chi connectivity index (χ4n) is 2.25. The lowest BCUT2D eigenvalue weighted by Gasteiger charge is -2.14.